The lowest BCUT2D eigenvalue weighted by molar-refractivity contribution is 0.613. The summed E-state index contributed by atoms with van der Waals surface area (Å²) in [5.74, 6) is 1.51. The molecule has 5 heteroatoms. The number of benzene rings is 2. The summed E-state index contributed by atoms with van der Waals surface area (Å²) in [7, 11) is 0. The largest absolute Gasteiger partial charge is 0.464 e. The molecule has 4 aromatic rings. The summed E-state index contributed by atoms with van der Waals surface area (Å²) in [6.45, 7) is 6.04. The van der Waals surface area contributed by atoms with Crippen molar-refractivity contribution in [2.45, 2.75) is 26.8 Å². The van der Waals surface area contributed by atoms with Gasteiger partial charge >= 0.3 is 0 Å². The maximum absolute atomic E-state index is 5.90. The van der Waals surface area contributed by atoms with Gasteiger partial charge in [-0.25, -0.2) is 9.97 Å². The molecule has 5 nitrogen and oxygen atoms in total. The van der Waals surface area contributed by atoms with Crippen LogP contribution in [0.25, 0.3) is 22.2 Å². The molecule has 0 radical (unpaired) electrons. The van der Waals surface area contributed by atoms with Gasteiger partial charge in [0.25, 0.3) is 0 Å². The Labute approximate surface area is 158 Å². The molecule has 0 amide bonds. The van der Waals surface area contributed by atoms with Gasteiger partial charge < -0.3 is 15.5 Å². The second-order valence-electron chi connectivity index (χ2n) is 6.85. The topological polar surface area (TPSA) is 77.0 Å². The van der Waals surface area contributed by atoms with Crippen LogP contribution in [0.5, 0.6) is 0 Å². The highest BCUT2D eigenvalue weighted by molar-refractivity contribution is 5.85. The number of aryl methyl sites for hydroxylation is 2. The van der Waals surface area contributed by atoms with Crippen LogP contribution in [0.15, 0.2) is 59.2 Å². The minimum Gasteiger partial charge on any atom is -0.464 e. The Morgan fingerprint density at radius 1 is 1.04 bits per heavy atom. The minimum atomic E-state index is 0.0780. The zero-order valence-electron chi connectivity index (χ0n) is 15.7. The Bertz CT molecular complexity index is 1120. The Balaban J connectivity index is 1.67. The zero-order chi connectivity index (χ0) is 19.0. The highest BCUT2D eigenvalue weighted by atomic mass is 16.3. The first-order chi connectivity index (χ1) is 13.0. The van der Waals surface area contributed by atoms with E-state index in [9.17, 15) is 0 Å². The Kier molecular flexibility index (Phi) is 4.28. The van der Waals surface area contributed by atoms with Crippen LogP contribution in [-0.2, 0) is 0 Å². The molecule has 2 aromatic carbocycles. The molecule has 0 aliphatic carbocycles. The predicted molar refractivity (Wildman–Crippen MR) is 110 cm³/mol. The van der Waals surface area contributed by atoms with Crippen molar-refractivity contribution in [3.63, 3.8) is 0 Å². The molecule has 0 saturated carbocycles. The van der Waals surface area contributed by atoms with Crippen LogP contribution in [0, 0.1) is 13.8 Å². The first-order valence-electron chi connectivity index (χ1n) is 8.95. The lowest BCUT2D eigenvalue weighted by Gasteiger charge is -2.16. The molecule has 0 spiro atoms. The van der Waals surface area contributed by atoms with Gasteiger partial charge in [-0.1, -0.05) is 12.1 Å². The Morgan fingerprint density at radius 3 is 2.70 bits per heavy atom. The molecule has 3 N–H and O–H groups in total. The summed E-state index contributed by atoms with van der Waals surface area (Å²) < 4.78 is 5.54. The van der Waals surface area contributed by atoms with Crippen molar-refractivity contribution in [2.24, 2.45) is 0 Å². The number of fused-ring (bicyclic) bond motifs is 1. The fraction of sp³-hybridized carbons (Fsp3) is 0.182. The number of rotatable bonds is 4. The van der Waals surface area contributed by atoms with Crippen LogP contribution in [0.3, 0.4) is 0 Å². The van der Waals surface area contributed by atoms with E-state index in [1.165, 1.54) is 0 Å². The summed E-state index contributed by atoms with van der Waals surface area (Å²) in [6, 6.07) is 16.1. The highest BCUT2D eigenvalue weighted by Crippen LogP contribution is 2.28. The predicted octanol–water partition coefficient (Wildman–Crippen LogP) is 5.26. The summed E-state index contributed by atoms with van der Waals surface area (Å²) in [5, 5.41) is 4.56. The molecular formula is C22H22N4O. The fourth-order valence-corrected chi connectivity index (χ4v) is 3.24. The van der Waals surface area contributed by atoms with E-state index < -0.39 is 0 Å². The van der Waals surface area contributed by atoms with Crippen LogP contribution in [0.4, 0.5) is 11.5 Å². The van der Waals surface area contributed by atoms with E-state index >= 15 is 0 Å². The standard InChI is InChI=1S/C22H22N4O/c1-13-12-27-21-8-7-17(10-19(13)21)20-11-22(26-15(3)25-20)24-14(2)16-5-4-6-18(23)9-16/h4-12,14H,23H2,1-3H3,(H,24,25,26). The van der Waals surface area contributed by atoms with Crippen molar-refractivity contribution in [1.82, 2.24) is 9.97 Å². The van der Waals surface area contributed by atoms with Gasteiger partial charge in [0, 0.05) is 22.7 Å². The van der Waals surface area contributed by atoms with Crippen LogP contribution in [-0.4, -0.2) is 9.97 Å². The molecule has 1 unspecified atom stereocenters. The Hall–Kier alpha value is -3.34. The number of nitrogen functional groups attached to an aromatic ring is 1. The molecule has 4 rings (SSSR count). The van der Waals surface area contributed by atoms with Gasteiger partial charge in [-0.05, 0) is 62.2 Å². The molecule has 0 saturated heterocycles. The third-order valence-corrected chi connectivity index (χ3v) is 4.68. The minimum absolute atomic E-state index is 0.0780. The van der Waals surface area contributed by atoms with Crippen LogP contribution < -0.4 is 11.1 Å². The second kappa shape index (κ2) is 6.76. The number of hydrogen-bond donors (Lipinski definition) is 2. The molecule has 2 aromatic heterocycles. The first-order valence-corrected chi connectivity index (χ1v) is 8.95. The fourth-order valence-electron chi connectivity index (χ4n) is 3.24. The molecular weight excluding hydrogens is 336 g/mol. The average Bonchev–Trinajstić information content (AvgIpc) is 3.02. The van der Waals surface area contributed by atoms with Gasteiger partial charge in [-0.3, -0.25) is 0 Å². The first kappa shape index (κ1) is 17.1. The second-order valence-corrected chi connectivity index (χ2v) is 6.85. The van der Waals surface area contributed by atoms with E-state index in [2.05, 4.69) is 34.3 Å². The molecule has 0 bridgehead atoms. The van der Waals surface area contributed by atoms with Gasteiger partial charge in [0.15, 0.2) is 0 Å². The molecule has 0 aliphatic heterocycles. The van der Waals surface area contributed by atoms with E-state index in [0.717, 1.165) is 50.7 Å². The van der Waals surface area contributed by atoms with Gasteiger partial charge in [0.2, 0.25) is 0 Å². The lowest BCUT2D eigenvalue weighted by Crippen LogP contribution is -2.09. The van der Waals surface area contributed by atoms with Crippen molar-refractivity contribution < 1.29 is 4.42 Å². The average molecular weight is 358 g/mol. The molecule has 27 heavy (non-hydrogen) atoms. The molecule has 0 aliphatic rings. The van der Waals surface area contributed by atoms with Gasteiger partial charge in [-0.2, -0.15) is 0 Å². The number of hydrogen-bond acceptors (Lipinski definition) is 5. The summed E-state index contributed by atoms with van der Waals surface area (Å²) in [6.07, 6.45) is 1.78. The smallest absolute Gasteiger partial charge is 0.134 e. The van der Waals surface area contributed by atoms with E-state index in [-0.39, 0.29) is 6.04 Å². The number of furan rings is 1. The highest BCUT2D eigenvalue weighted by Gasteiger charge is 2.11. The van der Waals surface area contributed by atoms with Crippen molar-refractivity contribution in [3.8, 4) is 11.3 Å². The van der Waals surface area contributed by atoms with E-state index in [4.69, 9.17) is 10.2 Å². The van der Waals surface area contributed by atoms with Gasteiger partial charge in [0.05, 0.1) is 18.0 Å². The SMILES string of the molecule is Cc1nc(NC(C)c2cccc(N)c2)cc(-c2ccc3occ(C)c3c2)n1. The van der Waals surface area contributed by atoms with E-state index in [1.54, 1.807) is 6.26 Å². The summed E-state index contributed by atoms with van der Waals surface area (Å²) in [4.78, 5) is 9.16. The quantitative estimate of drug-likeness (QED) is 0.486. The number of nitrogens with one attached hydrogen (secondary N) is 1. The number of nitrogens with two attached hydrogens (primary N) is 1. The van der Waals surface area contributed by atoms with Crippen LogP contribution in [0.1, 0.15) is 29.9 Å². The van der Waals surface area contributed by atoms with Crippen LogP contribution >= 0.6 is 0 Å². The maximum Gasteiger partial charge on any atom is 0.134 e. The van der Waals surface area contributed by atoms with Crippen LogP contribution in [0.2, 0.25) is 0 Å². The van der Waals surface area contributed by atoms with Crippen molar-refractivity contribution in [2.75, 3.05) is 11.1 Å². The van der Waals surface area contributed by atoms with E-state index in [1.807, 2.05) is 50.2 Å². The molecule has 0 fully saturated rings. The molecule has 2 heterocycles. The summed E-state index contributed by atoms with van der Waals surface area (Å²) >= 11 is 0. The van der Waals surface area contributed by atoms with Crippen molar-refractivity contribution >= 4 is 22.5 Å². The van der Waals surface area contributed by atoms with E-state index in [0.29, 0.717) is 0 Å². The third-order valence-electron chi connectivity index (χ3n) is 4.68. The van der Waals surface area contributed by atoms with Gasteiger partial charge in [0.1, 0.15) is 17.2 Å². The monoisotopic (exact) mass is 358 g/mol. The Morgan fingerprint density at radius 2 is 1.89 bits per heavy atom. The normalized spacial score (nSPS) is 12.3. The number of nitrogens with zero attached hydrogens (tertiary/aromatic N) is 2. The number of aromatic nitrogens is 2. The summed E-state index contributed by atoms with van der Waals surface area (Å²) in [5.41, 5.74) is 11.7. The van der Waals surface area contributed by atoms with Crippen molar-refractivity contribution in [3.05, 3.63) is 71.7 Å². The third kappa shape index (κ3) is 3.49. The maximum atomic E-state index is 5.90. The zero-order valence-corrected chi connectivity index (χ0v) is 15.7. The molecule has 1 atom stereocenters. The lowest BCUT2D eigenvalue weighted by atomic mass is 10.1. The van der Waals surface area contributed by atoms with Crippen molar-refractivity contribution in [1.29, 1.82) is 0 Å². The number of anilines is 2. The van der Waals surface area contributed by atoms with Gasteiger partial charge in [-0.15, -0.1) is 0 Å². The molecule has 136 valence electrons.